The molecule has 2 aliphatic heterocycles. The molecular weight excluding hydrogens is 391 g/mol. The van der Waals surface area contributed by atoms with E-state index in [2.05, 4.69) is 39.8 Å². The maximum absolute atomic E-state index is 12.6. The Morgan fingerprint density at radius 1 is 1.03 bits per heavy atom. The number of para-hydroxylation sites is 1. The second kappa shape index (κ2) is 7.38. The van der Waals surface area contributed by atoms with Crippen LogP contribution in [0.1, 0.15) is 79.7 Å². The van der Waals surface area contributed by atoms with E-state index in [-0.39, 0.29) is 11.9 Å². The van der Waals surface area contributed by atoms with Crippen molar-refractivity contribution in [1.82, 2.24) is 0 Å². The molecule has 1 saturated heterocycles. The van der Waals surface area contributed by atoms with Crippen molar-refractivity contribution in [3.05, 3.63) is 35.9 Å². The van der Waals surface area contributed by atoms with Gasteiger partial charge in [-0.2, -0.15) is 0 Å². The second-order valence-electron chi connectivity index (χ2n) is 11.2. The number of fused-ring (bicyclic) bond motifs is 1. The summed E-state index contributed by atoms with van der Waals surface area (Å²) in [7, 11) is -0.449. The fraction of sp³-hybridized carbons (Fsp3) is 0.640. The summed E-state index contributed by atoms with van der Waals surface area (Å²) < 4.78 is 24.9. The van der Waals surface area contributed by atoms with Crippen molar-refractivity contribution in [2.75, 3.05) is 0 Å². The summed E-state index contributed by atoms with van der Waals surface area (Å²) in [5.41, 5.74) is 0.306. The van der Waals surface area contributed by atoms with Crippen molar-refractivity contribution in [3.63, 3.8) is 0 Å². The van der Waals surface area contributed by atoms with E-state index in [9.17, 15) is 4.79 Å². The zero-order valence-corrected chi connectivity index (χ0v) is 19.9. The van der Waals surface area contributed by atoms with Crippen LogP contribution in [-0.4, -0.2) is 35.5 Å². The Kier molecular flexibility index (Phi) is 5.33. The minimum Gasteiger partial charge on any atom is -0.483 e. The molecule has 0 unspecified atom stereocenters. The molecule has 4 rings (SSSR count). The number of hydrogen-bond donors (Lipinski definition) is 0. The molecule has 1 aromatic carbocycles. The van der Waals surface area contributed by atoms with Gasteiger partial charge >= 0.3 is 13.1 Å². The quantitative estimate of drug-likeness (QED) is 0.471. The number of hydrogen-bond acceptors (Lipinski definition) is 5. The van der Waals surface area contributed by atoms with Crippen molar-refractivity contribution in [1.29, 1.82) is 0 Å². The van der Waals surface area contributed by atoms with E-state index >= 15 is 0 Å². The minimum absolute atomic E-state index is 0.0840. The lowest BCUT2D eigenvalue weighted by Crippen LogP contribution is -2.43. The molecule has 6 heteroatoms. The molecule has 2 heterocycles. The highest BCUT2D eigenvalue weighted by Crippen LogP contribution is 2.48. The fourth-order valence-corrected chi connectivity index (χ4v) is 4.54. The van der Waals surface area contributed by atoms with Gasteiger partial charge in [0.1, 0.15) is 17.0 Å². The molecule has 1 aliphatic carbocycles. The number of esters is 1. The van der Waals surface area contributed by atoms with Gasteiger partial charge in [-0.25, -0.2) is 0 Å². The lowest BCUT2D eigenvalue weighted by Gasteiger charge is -2.42. The second-order valence-corrected chi connectivity index (χ2v) is 11.2. The van der Waals surface area contributed by atoms with Gasteiger partial charge in [-0.3, -0.25) is 4.79 Å². The maximum atomic E-state index is 12.6. The van der Waals surface area contributed by atoms with Crippen molar-refractivity contribution in [3.8, 4) is 5.75 Å². The molecule has 0 amide bonds. The van der Waals surface area contributed by atoms with E-state index < -0.39 is 29.5 Å². The monoisotopic (exact) mass is 426 g/mol. The van der Waals surface area contributed by atoms with Crippen LogP contribution < -0.4 is 4.74 Å². The van der Waals surface area contributed by atoms with E-state index in [4.69, 9.17) is 18.8 Å². The summed E-state index contributed by atoms with van der Waals surface area (Å²) in [5.74, 6) is 0.665. The Balaban J connectivity index is 1.59. The number of carbonyl (C=O) groups excluding carboxylic acids is 1. The molecule has 0 radical (unpaired) electrons. The summed E-state index contributed by atoms with van der Waals surface area (Å²) >= 11 is 0. The summed E-state index contributed by atoms with van der Waals surface area (Å²) in [6.45, 7) is 14.0. The number of carbonyl (C=O) groups is 1. The van der Waals surface area contributed by atoms with Crippen LogP contribution in [-0.2, 0) is 18.8 Å². The average molecular weight is 426 g/mol. The van der Waals surface area contributed by atoms with Gasteiger partial charge in [0.25, 0.3) is 0 Å². The summed E-state index contributed by atoms with van der Waals surface area (Å²) in [6, 6.07) is 8.07. The Morgan fingerprint density at radius 3 is 2.19 bits per heavy atom. The van der Waals surface area contributed by atoms with Crippen molar-refractivity contribution in [2.45, 2.75) is 96.6 Å². The summed E-state index contributed by atoms with van der Waals surface area (Å²) in [6.07, 6.45) is 5.19. The van der Waals surface area contributed by atoms with E-state index in [0.29, 0.717) is 0 Å². The predicted molar refractivity (Wildman–Crippen MR) is 122 cm³/mol. The topological polar surface area (TPSA) is 54.0 Å². The molecule has 0 bridgehead atoms. The molecule has 31 heavy (non-hydrogen) atoms. The third kappa shape index (κ3) is 4.29. The van der Waals surface area contributed by atoms with E-state index in [1.807, 2.05) is 39.0 Å². The molecule has 2 fully saturated rings. The van der Waals surface area contributed by atoms with Crippen molar-refractivity contribution >= 4 is 18.6 Å². The predicted octanol–water partition coefficient (Wildman–Crippen LogP) is 5.36. The normalized spacial score (nSPS) is 29.2. The fourth-order valence-electron chi connectivity index (χ4n) is 4.54. The average Bonchev–Trinajstić information content (AvgIpc) is 2.87. The van der Waals surface area contributed by atoms with Gasteiger partial charge in [-0.05, 0) is 91.8 Å². The molecule has 168 valence electrons. The smallest absolute Gasteiger partial charge is 0.483 e. The van der Waals surface area contributed by atoms with Gasteiger partial charge in [-0.1, -0.05) is 18.2 Å². The lowest BCUT2D eigenvalue weighted by atomic mass is 9.67. The molecule has 1 aromatic rings. The Bertz CT molecular complexity index is 871. The zero-order chi connectivity index (χ0) is 22.7. The Labute approximate surface area is 186 Å². The number of rotatable bonds is 2. The van der Waals surface area contributed by atoms with Crippen LogP contribution in [0, 0.1) is 5.92 Å². The number of benzene rings is 1. The number of ether oxygens (including phenoxy) is 2. The van der Waals surface area contributed by atoms with Crippen LogP contribution in [0.2, 0.25) is 0 Å². The first-order chi connectivity index (χ1) is 14.3. The summed E-state index contributed by atoms with van der Waals surface area (Å²) in [5, 5.41) is 0. The minimum atomic E-state index is -0.462. The molecule has 1 spiro atoms. The first kappa shape index (κ1) is 22.4. The third-order valence-corrected chi connectivity index (χ3v) is 7.01. The van der Waals surface area contributed by atoms with Crippen LogP contribution in [0.25, 0.3) is 5.47 Å². The molecule has 0 aromatic heterocycles. The first-order valence-electron chi connectivity index (χ1n) is 11.4. The molecule has 0 N–H and O–H groups in total. The standard InChI is InChI=1S/C25H35BO5/c1-22(2,3)29-21(27)17-12-14-25(15-13-17)16-19(18-10-8-9-11-20(18)28-25)26-30-23(4,5)24(6,7)31-26/h8-11,16-17H,12-15H2,1-7H3. The van der Waals surface area contributed by atoms with Crippen LogP contribution >= 0.6 is 0 Å². The highest BCUT2D eigenvalue weighted by atomic mass is 16.7. The first-order valence-corrected chi connectivity index (χ1v) is 11.4. The molecular formula is C25H35BO5. The maximum Gasteiger partial charge on any atom is 0.495 e. The van der Waals surface area contributed by atoms with Gasteiger partial charge in [0.15, 0.2) is 0 Å². The van der Waals surface area contributed by atoms with Crippen LogP contribution in [0.4, 0.5) is 0 Å². The van der Waals surface area contributed by atoms with Crippen LogP contribution in [0.3, 0.4) is 0 Å². The largest absolute Gasteiger partial charge is 0.495 e. The van der Waals surface area contributed by atoms with E-state index in [1.54, 1.807) is 0 Å². The highest BCUT2D eigenvalue weighted by Gasteiger charge is 2.54. The summed E-state index contributed by atoms with van der Waals surface area (Å²) in [4.78, 5) is 12.6. The molecule has 5 nitrogen and oxygen atoms in total. The molecule has 1 saturated carbocycles. The Morgan fingerprint density at radius 2 is 1.61 bits per heavy atom. The third-order valence-electron chi connectivity index (χ3n) is 7.01. The van der Waals surface area contributed by atoms with E-state index in [1.165, 1.54) is 0 Å². The Hall–Kier alpha value is -1.79. The van der Waals surface area contributed by atoms with E-state index in [0.717, 1.165) is 42.5 Å². The van der Waals surface area contributed by atoms with Crippen LogP contribution in [0.15, 0.2) is 30.3 Å². The van der Waals surface area contributed by atoms with Crippen LogP contribution in [0.5, 0.6) is 5.75 Å². The lowest BCUT2D eigenvalue weighted by molar-refractivity contribution is -0.162. The van der Waals surface area contributed by atoms with Gasteiger partial charge in [0, 0.05) is 5.56 Å². The molecule has 0 atom stereocenters. The van der Waals surface area contributed by atoms with Crippen molar-refractivity contribution in [2.24, 2.45) is 5.92 Å². The SMILES string of the molecule is CC(C)(C)OC(=O)C1CCC2(C=C(B3OC(C)(C)C(C)(C)O3)c3ccccc3O2)CC1. The van der Waals surface area contributed by atoms with Gasteiger partial charge < -0.3 is 18.8 Å². The highest BCUT2D eigenvalue weighted by molar-refractivity contribution is 6.69. The van der Waals surface area contributed by atoms with Gasteiger partial charge in [0.2, 0.25) is 0 Å². The molecule has 3 aliphatic rings. The van der Waals surface area contributed by atoms with Crippen molar-refractivity contribution < 1.29 is 23.6 Å². The zero-order valence-electron chi connectivity index (χ0n) is 19.9. The van der Waals surface area contributed by atoms with Gasteiger partial charge in [-0.15, -0.1) is 0 Å². The van der Waals surface area contributed by atoms with Gasteiger partial charge in [0.05, 0.1) is 17.1 Å².